The molecule has 0 saturated heterocycles. The third-order valence-corrected chi connectivity index (χ3v) is 1.74. The summed E-state index contributed by atoms with van der Waals surface area (Å²) in [6.45, 7) is 1.60. The molecule has 0 aromatic rings. The van der Waals surface area contributed by atoms with Crippen molar-refractivity contribution < 1.29 is 14.6 Å². The van der Waals surface area contributed by atoms with Crippen LogP contribution in [0.1, 0.15) is 0 Å². The van der Waals surface area contributed by atoms with Crippen LogP contribution in [-0.4, -0.2) is 55.2 Å². The second-order valence-corrected chi connectivity index (χ2v) is 3.09. The number of methoxy groups -OCH3 is 1. The Balaban J connectivity index is 3.53. The van der Waals surface area contributed by atoms with E-state index in [1.165, 1.54) is 0 Å². The molecule has 0 spiro atoms. The Hall–Kier alpha value is -0.320. The van der Waals surface area contributed by atoms with Crippen molar-refractivity contribution in [2.75, 3.05) is 33.9 Å². The standard InChI is InChI=1S/C7H14ClNO3/c1-9(3-4-12-2)5-6(8)7(10)11/h6H,3-5H2,1-2H3,(H,10,11). The third-order valence-electron chi connectivity index (χ3n) is 1.42. The van der Waals surface area contributed by atoms with Gasteiger partial charge >= 0.3 is 5.97 Å². The number of alkyl halides is 1. The van der Waals surface area contributed by atoms with Gasteiger partial charge < -0.3 is 14.7 Å². The topological polar surface area (TPSA) is 49.8 Å². The Morgan fingerprint density at radius 2 is 2.33 bits per heavy atom. The molecule has 12 heavy (non-hydrogen) atoms. The molecule has 0 saturated carbocycles. The maximum atomic E-state index is 10.3. The molecule has 0 aliphatic carbocycles. The lowest BCUT2D eigenvalue weighted by atomic mass is 10.4. The molecule has 0 aliphatic heterocycles. The van der Waals surface area contributed by atoms with Crippen molar-refractivity contribution in [3.05, 3.63) is 0 Å². The van der Waals surface area contributed by atoms with E-state index in [9.17, 15) is 4.79 Å². The largest absolute Gasteiger partial charge is 0.480 e. The third kappa shape index (κ3) is 5.35. The highest BCUT2D eigenvalue weighted by atomic mass is 35.5. The van der Waals surface area contributed by atoms with Gasteiger partial charge in [0.1, 0.15) is 5.38 Å². The minimum absolute atomic E-state index is 0.334. The lowest BCUT2D eigenvalue weighted by Crippen LogP contribution is -2.33. The summed E-state index contributed by atoms with van der Waals surface area (Å²) in [6, 6.07) is 0. The van der Waals surface area contributed by atoms with Crippen LogP contribution < -0.4 is 0 Å². The van der Waals surface area contributed by atoms with Gasteiger partial charge in [0, 0.05) is 20.2 Å². The molecule has 0 rings (SSSR count). The number of halogens is 1. The maximum absolute atomic E-state index is 10.3. The van der Waals surface area contributed by atoms with Crippen LogP contribution in [0.3, 0.4) is 0 Å². The summed E-state index contributed by atoms with van der Waals surface area (Å²) in [7, 11) is 3.40. The van der Waals surface area contributed by atoms with E-state index >= 15 is 0 Å². The number of carbonyl (C=O) groups is 1. The molecular formula is C7H14ClNO3. The first-order valence-corrected chi connectivity index (χ1v) is 4.06. The average Bonchev–Trinajstić information content (AvgIpc) is 2.00. The van der Waals surface area contributed by atoms with Crippen LogP contribution >= 0.6 is 11.6 Å². The number of ether oxygens (including phenoxy) is 1. The molecule has 0 aliphatic rings. The van der Waals surface area contributed by atoms with Gasteiger partial charge in [0.15, 0.2) is 0 Å². The maximum Gasteiger partial charge on any atom is 0.322 e. The van der Waals surface area contributed by atoms with E-state index < -0.39 is 11.3 Å². The van der Waals surface area contributed by atoms with E-state index in [0.29, 0.717) is 19.7 Å². The molecule has 0 aromatic carbocycles. The average molecular weight is 196 g/mol. The monoisotopic (exact) mass is 195 g/mol. The Morgan fingerprint density at radius 3 is 2.75 bits per heavy atom. The highest BCUT2D eigenvalue weighted by Gasteiger charge is 2.15. The molecule has 0 bridgehead atoms. The summed E-state index contributed by atoms with van der Waals surface area (Å²) in [6.07, 6.45) is 0. The predicted octanol–water partition coefficient (Wildman–Crippen LogP) is 0.257. The molecule has 5 heteroatoms. The van der Waals surface area contributed by atoms with Crippen molar-refractivity contribution in [3.8, 4) is 0 Å². The smallest absolute Gasteiger partial charge is 0.322 e. The molecule has 1 atom stereocenters. The van der Waals surface area contributed by atoms with Crippen molar-refractivity contribution in [1.82, 2.24) is 4.90 Å². The summed E-state index contributed by atoms with van der Waals surface area (Å²) < 4.78 is 4.82. The molecule has 4 nitrogen and oxygen atoms in total. The van der Waals surface area contributed by atoms with Crippen LogP contribution in [0.5, 0.6) is 0 Å². The second kappa shape index (κ2) is 6.22. The first-order chi connectivity index (χ1) is 5.57. The van der Waals surface area contributed by atoms with E-state index in [4.69, 9.17) is 21.4 Å². The van der Waals surface area contributed by atoms with Crippen molar-refractivity contribution in [1.29, 1.82) is 0 Å². The molecule has 0 fully saturated rings. The lowest BCUT2D eigenvalue weighted by Gasteiger charge is -2.16. The highest BCUT2D eigenvalue weighted by Crippen LogP contribution is 1.98. The van der Waals surface area contributed by atoms with Crippen LogP contribution in [-0.2, 0) is 9.53 Å². The van der Waals surface area contributed by atoms with E-state index in [1.807, 2.05) is 4.90 Å². The van der Waals surface area contributed by atoms with E-state index in [0.717, 1.165) is 0 Å². The zero-order chi connectivity index (χ0) is 9.56. The minimum Gasteiger partial charge on any atom is -0.480 e. The zero-order valence-electron chi connectivity index (χ0n) is 7.29. The fraction of sp³-hybridized carbons (Fsp3) is 0.857. The number of rotatable bonds is 6. The van der Waals surface area contributed by atoms with E-state index in [1.54, 1.807) is 14.2 Å². The fourth-order valence-corrected chi connectivity index (χ4v) is 0.926. The number of carboxylic acids is 1. The van der Waals surface area contributed by atoms with Gasteiger partial charge in [-0.25, -0.2) is 0 Å². The normalized spacial score (nSPS) is 13.3. The molecule has 0 radical (unpaired) electrons. The van der Waals surface area contributed by atoms with Crippen molar-refractivity contribution in [2.45, 2.75) is 5.38 Å². The Bertz CT molecular complexity index is 143. The molecule has 0 heterocycles. The number of hydrogen-bond acceptors (Lipinski definition) is 3. The van der Waals surface area contributed by atoms with Crippen molar-refractivity contribution in [3.63, 3.8) is 0 Å². The molecule has 1 unspecified atom stereocenters. The SMILES string of the molecule is COCCN(C)CC(Cl)C(=O)O. The lowest BCUT2D eigenvalue weighted by molar-refractivity contribution is -0.136. The fourth-order valence-electron chi connectivity index (χ4n) is 0.690. The van der Waals surface area contributed by atoms with Gasteiger partial charge in [-0.1, -0.05) is 0 Å². The summed E-state index contributed by atoms with van der Waals surface area (Å²) in [5.41, 5.74) is 0. The summed E-state index contributed by atoms with van der Waals surface area (Å²) in [5.74, 6) is -0.985. The Kier molecular flexibility index (Phi) is 6.06. The highest BCUT2D eigenvalue weighted by molar-refractivity contribution is 6.29. The number of carboxylic acid groups (broad SMARTS) is 1. The van der Waals surface area contributed by atoms with E-state index in [2.05, 4.69) is 0 Å². The summed E-state index contributed by atoms with van der Waals surface area (Å²) in [4.78, 5) is 12.1. The molecule has 0 amide bonds. The predicted molar refractivity (Wildman–Crippen MR) is 46.6 cm³/mol. The van der Waals surface area contributed by atoms with Gasteiger partial charge in [-0.3, -0.25) is 4.79 Å². The molecule has 72 valence electrons. The van der Waals surface area contributed by atoms with Crippen LogP contribution in [0, 0.1) is 0 Å². The number of aliphatic carboxylic acids is 1. The Morgan fingerprint density at radius 1 is 1.75 bits per heavy atom. The zero-order valence-corrected chi connectivity index (χ0v) is 8.04. The molecule has 1 N–H and O–H groups in total. The minimum atomic E-state index is -0.985. The number of hydrogen-bond donors (Lipinski definition) is 1. The Labute approximate surface area is 77.1 Å². The van der Waals surface area contributed by atoms with Gasteiger partial charge in [-0.15, -0.1) is 11.6 Å². The van der Waals surface area contributed by atoms with Crippen LogP contribution in [0.2, 0.25) is 0 Å². The first-order valence-electron chi connectivity index (χ1n) is 3.62. The molecule has 0 aromatic heterocycles. The summed E-state index contributed by atoms with van der Waals surface area (Å²) >= 11 is 5.51. The van der Waals surface area contributed by atoms with E-state index in [-0.39, 0.29) is 0 Å². The van der Waals surface area contributed by atoms with Crippen LogP contribution in [0.4, 0.5) is 0 Å². The van der Waals surface area contributed by atoms with Crippen LogP contribution in [0.15, 0.2) is 0 Å². The van der Waals surface area contributed by atoms with Gasteiger partial charge in [-0.05, 0) is 7.05 Å². The van der Waals surface area contributed by atoms with Crippen molar-refractivity contribution in [2.24, 2.45) is 0 Å². The van der Waals surface area contributed by atoms with Gasteiger partial charge in [-0.2, -0.15) is 0 Å². The van der Waals surface area contributed by atoms with Crippen molar-refractivity contribution >= 4 is 17.6 Å². The quantitative estimate of drug-likeness (QED) is 0.618. The van der Waals surface area contributed by atoms with Gasteiger partial charge in [0.25, 0.3) is 0 Å². The number of nitrogens with zero attached hydrogens (tertiary/aromatic N) is 1. The van der Waals surface area contributed by atoms with Crippen LogP contribution in [0.25, 0.3) is 0 Å². The number of likely N-dealkylation sites (N-methyl/N-ethyl adjacent to an activating group) is 1. The molecular weight excluding hydrogens is 182 g/mol. The first kappa shape index (κ1) is 11.7. The summed E-state index contributed by atoms with van der Waals surface area (Å²) in [5, 5.41) is 7.63. The van der Waals surface area contributed by atoms with Gasteiger partial charge in [0.2, 0.25) is 0 Å². The second-order valence-electron chi connectivity index (χ2n) is 2.56. The van der Waals surface area contributed by atoms with Gasteiger partial charge in [0.05, 0.1) is 6.61 Å².